The van der Waals surface area contributed by atoms with Crippen molar-refractivity contribution in [3.63, 3.8) is 0 Å². The number of hydrogen-bond acceptors (Lipinski definition) is 3. The van der Waals surface area contributed by atoms with Gasteiger partial charge in [-0.2, -0.15) is 0 Å². The molecule has 1 aliphatic rings. The summed E-state index contributed by atoms with van der Waals surface area (Å²) in [5, 5.41) is 3.81. The van der Waals surface area contributed by atoms with E-state index in [4.69, 9.17) is 4.74 Å². The Balaban J connectivity index is 1.91. The second-order valence-electron chi connectivity index (χ2n) is 6.10. The molecule has 3 nitrogen and oxygen atoms in total. The highest BCUT2D eigenvalue weighted by Gasteiger charge is 2.19. The van der Waals surface area contributed by atoms with Crippen LogP contribution in [0.25, 0.3) is 0 Å². The molecule has 0 radical (unpaired) electrons. The number of hydrogen-bond donors (Lipinski definition) is 1. The molecule has 0 saturated carbocycles. The molecule has 1 aromatic rings. The van der Waals surface area contributed by atoms with E-state index in [0.717, 1.165) is 5.75 Å². The highest BCUT2D eigenvalue weighted by atomic mass is 16.5. The molecule has 1 N–H and O–H groups in total. The lowest BCUT2D eigenvalue weighted by Crippen LogP contribution is -2.33. The van der Waals surface area contributed by atoms with Gasteiger partial charge in [-0.15, -0.1) is 0 Å². The predicted octanol–water partition coefficient (Wildman–Crippen LogP) is 3.61. The zero-order valence-corrected chi connectivity index (χ0v) is 13.8. The Bertz CT molecular complexity index is 421. The van der Waals surface area contributed by atoms with Gasteiger partial charge in [0.25, 0.3) is 0 Å². The van der Waals surface area contributed by atoms with E-state index in [1.807, 2.05) is 12.1 Å². The highest BCUT2D eigenvalue weighted by molar-refractivity contribution is 5.35. The van der Waals surface area contributed by atoms with E-state index < -0.39 is 0 Å². The van der Waals surface area contributed by atoms with Gasteiger partial charge in [0.1, 0.15) is 5.75 Å². The average Bonchev–Trinajstić information content (AvgIpc) is 2.73. The summed E-state index contributed by atoms with van der Waals surface area (Å²) >= 11 is 0. The summed E-state index contributed by atoms with van der Waals surface area (Å²) < 4.78 is 5.48. The van der Waals surface area contributed by atoms with Crippen molar-refractivity contribution < 1.29 is 4.74 Å². The van der Waals surface area contributed by atoms with Crippen LogP contribution in [0.1, 0.15) is 51.1 Å². The molecule has 2 unspecified atom stereocenters. The summed E-state index contributed by atoms with van der Waals surface area (Å²) in [6, 6.07) is 9.28. The molecule has 1 fully saturated rings. The molecule has 21 heavy (non-hydrogen) atoms. The molecule has 1 heterocycles. The van der Waals surface area contributed by atoms with Gasteiger partial charge in [-0.1, -0.05) is 25.1 Å². The molecule has 118 valence electrons. The Labute approximate surface area is 129 Å². The average molecular weight is 290 g/mol. The number of para-hydroxylation sites is 1. The molecule has 3 heteroatoms. The second kappa shape index (κ2) is 8.40. The van der Waals surface area contributed by atoms with Crippen LogP contribution in [-0.4, -0.2) is 37.7 Å². The van der Waals surface area contributed by atoms with Gasteiger partial charge < -0.3 is 15.0 Å². The maximum absolute atomic E-state index is 5.48. The van der Waals surface area contributed by atoms with Gasteiger partial charge in [-0.25, -0.2) is 0 Å². The smallest absolute Gasteiger partial charge is 0.123 e. The normalized spacial score (nSPS) is 21.8. The molecule has 0 aromatic heterocycles. The first-order chi connectivity index (χ1) is 10.2. The molecule has 0 amide bonds. The van der Waals surface area contributed by atoms with Crippen LogP contribution >= 0.6 is 0 Å². The van der Waals surface area contributed by atoms with Crippen molar-refractivity contribution in [2.75, 3.05) is 26.7 Å². The standard InChI is InChI=1S/C18H30N2O/c1-4-12-20-13-7-8-16(11-14-20)19-15(2)17-9-5-6-10-18(17)21-3/h5-6,9-10,15-16,19H,4,7-8,11-14H2,1-3H3. The Hall–Kier alpha value is -1.06. The van der Waals surface area contributed by atoms with Gasteiger partial charge in [0.05, 0.1) is 7.11 Å². The molecule has 2 atom stereocenters. The van der Waals surface area contributed by atoms with Crippen LogP contribution in [0.5, 0.6) is 5.75 Å². The molecule has 0 spiro atoms. The van der Waals surface area contributed by atoms with Crippen LogP contribution in [0.4, 0.5) is 0 Å². The lowest BCUT2D eigenvalue weighted by Gasteiger charge is -2.24. The third kappa shape index (κ3) is 4.72. The number of methoxy groups -OCH3 is 1. The van der Waals surface area contributed by atoms with Gasteiger partial charge in [0.15, 0.2) is 0 Å². The topological polar surface area (TPSA) is 24.5 Å². The molecule has 1 saturated heterocycles. The van der Waals surface area contributed by atoms with Crippen LogP contribution < -0.4 is 10.1 Å². The first-order valence-corrected chi connectivity index (χ1v) is 8.36. The monoisotopic (exact) mass is 290 g/mol. The number of benzene rings is 1. The van der Waals surface area contributed by atoms with Crippen LogP contribution in [-0.2, 0) is 0 Å². The van der Waals surface area contributed by atoms with Gasteiger partial charge in [-0.05, 0) is 58.3 Å². The molecular weight excluding hydrogens is 260 g/mol. The van der Waals surface area contributed by atoms with E-state index in [9.17, 15) is 0 Å². The van der Waals surface area contributed by atoms with E-state index in [0.29, 0.717) is 12.1 Å². The molecular formula is C18H30N2O. The van der Waals surface area contributed by atoms with Crippen LogP contribution in [0.15, 0.2) is 24.3 Å². The summed E-state index contributed by atoms with van der Waals surface area (Å²) in [5.41, 5.74) is 1.26. The minimum Gasteiger partial charge on any atom is -0.496 e. The summed E-state index contributed by atoms with van der Waals surface area (Å²) in [6.45, 7) is 8.24. The van der Waals surface area contributed by atoms with E-state index in [1.165, 1.54) is 50.9 Å². The van der Waals surface area contributed by atoms with Gasteiger partial charge in [-0.3, -0.25) is 0 Å². The van der Waals surface area contributed by atoms with E-state index in [-0.39, 0.29) is 0 Å². The minimum atomic E-state index is 0.337. The summed E-state index contributed by atoms with van der Waals surface area (Å²) in [6.07, 6.45) is 5.09. The first kappa shape index (κ1) is 16.3. The molecule has 2 rings (SSSR count). The van der Waals surface area contributed by atoms with Gasteiger partial charge in [0.2, 0.25) is 0 Å². The zero-order valence-electron chi connectivity index (χ0n) is 13.8. The fourth-order valence-corrected chi connectivity index (χ4v) is 3.33. The Morgan fingerprint density at radius 2 is 2.10 bits per heavy atom. The summed E-state index contributed by atoms with van der Waals surface area (Å²) in [4.78, 5) is 2.61. The quantitative estimate of drug-likeness (QED) is 0.866. The fourth-order valence-electron chi connectivity index (χ4n) is 3.33. The van der Waals surface area contributed by atoms with Crippen LogP contribution in [0.2, 0.25) is 0 Å². The van der Waals surface area contributed by atoms with Gasteiger partial charge in [0, 0.05) is 17.6 Å². The van der Waals surface area contributed by atoms with Crippen LogP contribution in [0, 0.1) is 0 Å². The second-order valence-corrected chi connectivity index (χ2v) is 6.10. The lowest BCUT2D eigenvalue weighted by molar-refractivity contribution is 0.281. The van der Waals surface area contributed by atoms with Crippen molar-refractivity contribution in [2.24, 2.45) is 0 Å². The minimum absolute atomic E-state index is 0.337. The SMILES string of the molecule is CCCN1CCCC(NC(C)c2ccccc2OC)CC1. The summed E-state index contributed by atoms with van der Waals surface area (Å²) in [5.74, 6) is 0.985. The van der Waals surface area contributed by atoms with E-state index >= 15 is 0 Å². The number of nitrogens with one attached hydrogen (secondary N) is 1. The van der Waals surface area contributed by atoms with Crippen molar-refractivity contribution in [2.45, 2.75) is 51.6 Å². The maximum Gasteiger partial charge on any atom is 0.123 e. The molecule has 1 aliphatic heterocycles. The number of nitrogens with zero attached hydrogens (tertiary/aromatic N) is 1. The fraction of sp³-hybridized carbons (Fsp3) is 0.667. The number of ether oxygens (including phenoxy) is 1. The van der Waals surface area contributed by atoms with Crippen molar-refractivity contribution in [1.82, 2.24) is 10.2 Å². The zero-order chi connectivity index (χ0) is 15.1. The van der Waals surface area contributed by atoms with E-state index in [1.54, 1.807) is 7.11 Å². The van der Waals surface area contributed by atoms with Crippen molar-refractivity contribution in [3.05, 3.63) is 29.8 Å². The Morgan fingerprint density at radius 1 is 1.29 bits per heavy atom. The van der Waals surface area contributed by atoms with Crippen molar-refractivity contribution in [3.8, 4) is 5.75 Å². The van der Waals surface area contributed by atoms with Crippen molar-refractivity contribution >= 4 is 0 Å². The van der Waals surface area contributed by atoms with Crippen molar-refractivity contribution in [1.29, 1.82) is 0 Å². The third-order valence-electron chi connectivity index (χ3n) is 4.45. The maximum atomic E-state index is 5.48. The number of likely N-dealkylation sites (tertiary alicyclic amines) is 1. The van der Waals surface area contributed by atoms with Crippen LogP contribution in [0.3, 0.4) is 0 Å². The largest absolute Gasteiger partial charge is 0.496 e. The number of rotatable bonds is 6. The predicted molar refractivity (Wildman–Crippen MR) is 88.9 cm³/mol. The third-order valence-corrected chi connectivity index (χ3v) is 4.45. The molecule has 1 aromatic carbocycles. The molecule has 0 bridgehead atoms. The Kier molecular flexibility index (Phi) is 6.52. The first-order valence-electron chi connectivity index (χ1n) is 8.36. The van der Waals surface area contributed by atoms with E-state index in [2.05, 4.69) is 36.2 Å². The molecule has 0 aliphatic carbocycles. The highest BCUT2D eigenvalue weighted by Crippen LogP contribution is 2.25. The Morgan fingerprint density at radius 3 is 2.86 bits per heavy atom. The van der Waals surface area contributed by atoms with Gasteiger partial charge >= 0.3 is 0 Å². The summed E-state index contributed by atoms with van der Waals surface area (Å²) in [7, 11) is 1.75. The lowest BCUT2D eigenvalue weighted by atomic mass is 10.0.